The van der Waals surface area contributed by atoms with Gasteiger partial charge in [0.15, 0.2) is 0 Å². The molecule has 118 valence electrons. The minimum atomic E-state index is 0.709. The quantitative estimate of drug-likeness (QED) is 0.667. The molecule has 2 aromatic carbocycles. The van der Waals surface area contributed by atoms with E-state index in [4.69, 9.17) is 0 Å². The molecule has 2 fully saturated rings. The largest absolute Gasteiger partial charge is 0.317 e. The number of fused-ring (bicyclic) bond motifs is 2. The van der Waals surface area contributed by atoms with Crippen LogP contribution in [0, 0.1) is 6.92 Å². The average Bonchev–Trinajstić information content (AvgIpc) is 2.75. The Morgan fingerprint density at radius 1 is 0.957 bits per heavy atom. The number of rotatable bonds is 1. The number of aryl methyl sites for hydroxylation is 1. The number of quaternary nitrogens is 1. The van der Waals surface area contributed by atoms with Crippen molar-refractivity contribution >= 4 is 0 Å². The first-order chi connectivity index (χ1) is 11.2. The molecule has 23 heavy (non-hydrogen) atoms. The summed E-state index contributed by atoms with van der Waals surface area (Å²) < 4.78 is 1.31. The maximum atomic E-state index is 2.54. The van der Waals surface area contributed by atoms with Gasteiger partial charge in [-0.05, 0) is 18.1 Å². The van der Waals surface area contributed by atoms with Crippen molar-refractivity contribution in [2.75, 3.05) is 7.05 Å². The molecule has 0 saturated carbocycles. The van der Waals surface area contributed by atoms with E-state index in [0.29, 0.717) is 11.8 Å². The van der Waals surface area contributed by atoms with Gasteiger partial charge in [0.25, 0.3) is 0 Å². The summed E-state index contributed by atoms with van der Waals surface area (Å²) in [5, 5.41) is 0. The predicted molar refractivity (Wildman–Crippen MR) is 94.4 cm³/mol. The molecule has 1 nitrogen and oxygen atoms in total. The van der Waals surface area contributed by atoms with E-state index >= 15 is 0 Å². The zero-order chi connectivity index (χ0) is 15.6. The van der Waals surface area contributed by atoms with Gasteiger partial charge in [0.2, 0.25) is 0 Å². The zero-order valence-electron chi connectivity index (χ0n) is 14.2. The van der Waals surface area contributed by atoms with Gasteiger partial charge in [-0.1, -0.05) is 54.1 Å². The molecular formula is C22H26N+. The molecule has 2 saturated heterocycles. The molecule has 0 amide bonds. The summed E-state index contributed by atoms with van der Waals surface area (Å²) >= 11 is 0. The van der Waals surface area contributed by atoms with E-state index in [0.717, 1.165) is 12.1 Å². The lowest BCUT2D eigenvalue weighted by Gasteiger charge is -2.55. The van der Waals surface area contributed by atoms with Crippen molar-refractivity contribution in [3.8, 4) is 0 Å². The number of hydrogen-bond donors (Lipinski definition) is 0. The summed E-state index contributed by atoms with van der Waals surface area (Å²) in [5.74, 6) is 1.42. The van der Waals surface area contributed by atoms with Crippen LogP contribution < -0.4 is 0 Å². The number of nitrogens with zero attached hydrogens (tertiary/aromatic N) is 1. The third-order valence-corrected chi connectivity index (χ3v) is 7.19. The van der Waals surface area contributed by atoms with Crippen LogP contribution in [0.15, 0.2) is 48.5 Å². The van der Waals surface area contributed by atoms with Crippen LogP contribution in [0.2, 0.25) is 0 Å². The normalized spacial score (nSPS) is 37.5. The van der Waals surface area contributed by atoms with Crippen LogP contribution in [0.4, 0.5) is 0 Å². The van der Waals surface area contributed by atoms with Crippen molar-refractivity contribution in [1.29, 1.82) is 0 Å². The molecule has 0 spiro atoms. The molecule has 3 aliphatic heterocycles. The molecule has 3 aliphatic rings. The number of hydrogen-bond acceptors (Lipinski definition) is 0. The number of piperidine rings is 1. The molecular weight excluding hydrogens is 278 g/mol. The summed E-state index contributed by atoms with van der Waals surface area (Å²) in [6.45, 7) is 3.45. The minimum absolute atomic E-state index is 0.709. The van der Waals surface area contributed by atoms with Crippen LogP contribution in [0.3, 0.4) is 0 Å². The Balaban J connectivity index is 1.67. The first-order valence-electron chi connectivity index (χ1n) is 9.16. The van der Waals surface area contributed by atoms with E-state index in [-0.39, 0.29) is 0 Å². The van der Waals surface area contributed by atoms with Crippen LogP contribution in [-0.4, -0.2) is 23.6 Å². The molecule has 4 bridgehead atoms. The highest BCUT2D eigenvalue weighted by atomic mass is 15.4. The fourth-order valence-corrected chi connectivity index (χ4v) is 6.03. The van der Waals surface area contributed by atoms with Gasteiger partial charge in [-0.25, -0.2) is 0 Å². The van der Waals surface area contributed by atoms with E-state index in [1.54, 1.807) is 16.7 Å². The van der Waals surface area contributed by atoms with Crippen LogP contribution in [0.5, 0.6) is 0 Å². The Bertz CT molecular complexity index is 747. The van der Waals surface area contributed by atoms with Crippen LogP contribution >= 0.6 is 0 Å². The van der Waals surface area contributed by atoms with Crippen molar-refractivity contribution in [3.63, 3.8) is 0 Å². The van der Waals surface area contributed by atoms with Crippen molar-refractivity contribution in [3.05, 3.63) is 70.8 Å². The topological polar surface area (TPSA) is 0 Å². The highest BCUT2D eigenvalue weighted by Crippen LogP contribution is 2.58. The highest BCUT2D eigenvalue weighted by molar-refractivity contribution is 5.39. The van der Waals surface area contributed by atoms with Gasteiger partial charge in [-0.15, -0.1) is 0 Å². The molecule has 5 rings (SSSR count). The summed E-state index contributed by atoms with van der Waals surface area (Å²) in [5.41, 5.74) is 6.21. The van der Waals surface area contributed by atoms with Crippen molar-refractivity contribution < 1.29 is 4.48 Å². The molecule has 3 heterocycles. The lowest BCUT2D eigenvalue weighted by molar-refractivity contribution is -0.965. The number of benzene rings is 2. The molecule has 0 radical (unpaired) electrons. The predicted octanol–water partition coefficient (Wildman–Crippen LogP) is 4.76. The standard InChI is InChI=1S/C22H26N/c1-15-7-9-16(10-8-15)20-13-18-11-12-21-22(20)19-6-4-3-5-17(19)14-23(18,21)2/h3-10,18,20-22H,11-14H2,1-2H3/q+1. The maximum absolute atomic E-state index is 2.54. The van der Waals surface area contributed by atoms with Gasteiger partial charge < -0.3 is 4.48 Å². The van der Waals surface area contributed by atoms with Crippen LogP contribution in [-0.2, 0) is 6.54 Å². The van der Waals surface area contributed by atoms with E-state index in [1.165, 1.54) is 35.9 Å². The first-order valence-corrected chi connectivity index (χ1v) is 9.16. The average molecular weight is 304 g/mol. The molecule has 5 unspecified atom stereocenters. The van der Waals surface area contributed by atoms with Gasteiger partial charge in [0, 0.05) is 36.7 Å². The molecule has 2 aromatic rings. The zero-order valence-corrected chi connectivity index (χ0v) is 14.2. The second-order valence-corrected chi connectivity index (χ2v) is 8.28. The Labute approximate surface area is 139 Å². The van der Waals surface area contributed by atoms with Crippen LogP contribution in [0.25, 0.3) is 0 Å². The SMILES string of the molecule is Cc1ccc(C2CC3CCC4C2c2ccccc2C[N+]34C)cc1. The van der Waals surface area contributed by atoms with Crippen LogP contribution in [0.1, 0.15) is 53.4 Å². The molecule has 0 aliphatic carbocycles. The monoisotopic (exact) mass is 304 g/mol. The molecule has 0 N–H and O–H groups in total. The third kappa shape index (κ3) is 1.83. The van der Waals surface area contributed by atoms with Gasteiger partial charge in [-0.2, -0.15) is 0 Å². The van der Waals surface area contributed by atoms with Gasteiger partial charge >= 0.3 is 0 Å². The summed E-state index contributed by atoms with van der Waals surface area (Å²) in [4.78, 5) is 0. The number of likely N-dealkylation sites (N-methyl/N-ethyl adjacent to an activating group) is 1. The minimum Gasteiger partial charge on any atom is -0.317 e. The van der Waals surface area contributed by atoms with Gasteiger partial charge in [0.1, 0.15) is 6.54 Å². The lowest BCUT2D eigenvalue weighted by atomic mass is 9.68. The van der Waals surface area contributed by atoms with Crippen molar-refractivity contribution in [2.24, 2.45) is 0 Å². The van der Waals surface area contributed by atoms with Gasteiger partial charge in [0.05, 0.1) is 19.1 Å². The third-order valence-electron chi connectivity index (χ3n) is 7.19. The van der Waals surface area contributed by atoms with Crippen molar-refractivity contribution in [1.82, 2.24) is 0 Å². The first kappa shape index (κ1) is 13.8. The Morgan fingerprint density at radius 2 is 1.74 bits per heavy atom. The maximum Gasteiger partial charge on any atom is 0.105 e. The second kappa shape index (κ2) is 4.70. The smallest absolute Gasteiger partial charge is 0.105 e. The van der Waals surface area contributed by atoms with Gasteiger partial charge in [-0.3, -0.25) is 0 Å². The summed E-state index contributed by atoms with van der Waals surface area (Å²) in [6, 6.07) is 20.4. The van der Waals surface area contributed by atoms with Crippen molar-refractivity contribution in [2.45, 2.75) is 56.7 Å². The van der Waals surface area contributed by atoms with E-state index in [9.17, 15) is 0 Å². The summed E-state index contributed by atoms with van der Waals surface area (Å²) in [7, 11) is 2.54. The molecule has 5 atom stereocenters. The Kier molecular flexibility index (Phi) is 2.82. The van der Waals surface area contributed by atoms with E-state index in [2.05, 4.69) is 62.5 Å². The van der Waals surface area contributed by atoms with E-state index in [1.807, 2.05) is 0 Å². The molecule has 1 heteroatoms. The fourth-order valence-electron chi connectivity index (χ4n) is 6.03. The molecule has 0 aromatic heterocycles. The van der Waals surface area contributed by atoms with E-state index < -0.39 is 0 Å². The Morgan fingerprint density at radius 3 is 2.57 bits per heavy atom. The second-order valence-electron chi connectivity index (χ2n) is 8.28. The summed E-state index contributed by atoms with van der Waals surface area (Å²) in [6.07, 6.45) is 4.21. The lowest BCUT2D eigenvalue weighted by Crippen LogP contribution is -2.61. The fraction of sp³-hybridized carbons (Fsp3) is 0.455. The Hall–Kier alpha value is -1.60. The highest BCUT2D eigenvalue weighted by Gasteiger charge is 2.59.